The average molecular weight is 539 g/mol. The molecule has 0 spiro atoms. The molecule has 0 bridgehead atoms. The lowest BCUT2D eigenvalue weighted by Crippen LogP contribution is -2.57. The molecule has 0 aromatic heterocycles. The molecule has 3 aromatic rings. The number of nitrogens with one attached hydrogen (secondary N) is 1. The molecule has 0 radical (unpaired) electrons. The number of imide groups is 1. The SMILES string of the molecule is COC(=O)[C@@]1(Cc2ccccc2)N[C@H](c2ccc(OC)cc2)[C@@H]2C(=O)N(c3cccc(C(F)(F)F)c3)C(=O)[C@H]21. The molecule has 7 nitrogen and oxygen atoms in total. The number of anilines is 1. The molecule has 5 rings (SSSR count). The van der Waals surface area contributed by atoms with Gasteiger partial charge in [0.05, 0.1) is 37.3 Å². The van der Waals surface area contributed by atoms with Gasteiger partial charge in [0.15, 0.2) is 0 Å². The first-order valence-electron chi connectivity index (χ1n) is 12.2. The van der Waals surface area contributed by atoms with Crippen molar-refractivity contribution in [2.45, 2.75) is 24.2 Å². The number of carbonyl (C=O) groups is 3. The number of rotatable bonds is 6. The van der Waals surface area contributed by atoms with Gasteiger partial charge in [-0.05, 0) is 41.5 Å². The number of benzene rings is 3. The number of carbonyl (C=O) groups excluding carboxylic acids is 3. The molecule has 10 heteroatoms. The van der Waals surface area contributed by atoms with Gasteiger partial charge in [-0.1, -0.05) is 48.5 Å². The fraction of sp³-hybridized carbons (Fsp3) is 0.276. The Labute approximate surface area is 222 Å². The smallest absolute Gasteiger partial charge is 0.416 e. The molecular formula is C29H25F3N2O5. The van der Waals surface area contributed by atoms with Gasteiger partial charge in [0.1, 0.15) is 11.3 Å². The van der Waals surface area contributed by atoms with E-state index < -0.39 is 52.9 Å². The number of hydrogen-bond donors (Lipinski definition) is 1. The molecule has 202 valence electrons. The van der Waals surface area contributed by atoms with E-state index in [1.165, 1.54) is 20.3 Å². The Bertz CT molecular complexity index is 1410. The maximum absolute atomic E-state index is 14.0. The van der Waals surface area contributed by atoms with Crippen LogP contribution in [-0.2, 0) is 31.7 Å². The van der Waals surface area contributed by atoms with Crippen LogP contribution in [0.4, 0.5) is 18.9 Å². The first kappa shape index (κ1) is 26.4. The fourth-order valence-corrected chi connectivity index (χ4v) is 5.70. The Morgan fingerprint density at radius 2 is 1.64 bits per heavy atom. The Morgan fingerprint density at radius 1 is 0.949 bits per heavy atom. The average Bonchev–Trinajstić information content (AvgIpc) is 3.42. The molecule has 3 aromatic carbocycles. The van der Waals surface area contributed by atoms with Crippen molar-refractivity contribution >= 4 is 23.5 Å². The molecule has 1 N–H and O–H groups in total. The number of nitrogens with zero attached hydrogens (tertiary/aromatic N) is 1. The second-order valence-corrected chi connectivity index (χ2v) is 9.58. The van der Waals surface area contributed by atoms with Gasteiger partial charge in [0, 0.05) is 12.5 Å². The van der Waals surface area contributed by atoms with E-state index in [1.807, 2.05) is 0 Å². The third-order valence-corrected chi connectivity index (χ3v) is 7.44. The van der Waals surface area contributed by atoms with Crippen LogP contribution >= 0.6 is 0 Å². The quantitative estimate of drug-likeness (QED) is 0.372. The number of halogens is 3. The highest BCUT2D eigenvalue weighted by Gasteiger charge is 2.69. The van der Waals surface area contributed by atoms with Gasteiger partial charge in [0.25, 0.3) is 0 Å². The molecular weight excluding hydrogens is 513 g/mol. The van der Waals surface area contributed by atoms with Gasteiger partial charge < -0.3 is 9.47 Å². The Morgan fingerprint density at radius 3 is 2.26 bits per heavy atom. The summed E-state index contributed by atoms with van der Waals surface area (Å²) in [5, 5.41) is 3.26. The van der Waals surface area contributed by atoms with E-state index in [0.717, 1.165) is 23.1 Å². The molecule has 2 aliphatic heterocycles. The summed E-state index contributed by atoms with van der Waals surface area (Å²) in [5.74, 6) is -3.96. The van der Waals surface area contributed by atoms with Gasteiger partial charge in [0.2, 0.25) is 11.8 Å². The van der Waals surface area contributed by atoms with Crippen molar-refractivity contribution in [1.29, 1.82) is 0 Å². The summed E-state index contributed by atoms with van der Waals surface area (Å²) >= 11 is 0. The van der Waals surface area contributed by atoms with Gasteiger partial charge in [-0.25, -0.2) is 4.90 Å². The minimum Gasteiger partial charge on any atom is -0.497 e. The molecule has 0 aliphatic carbocycles. The number of methoxy groups -OCH3 is 2. The Balaban J connectivity index is 1.66. The Hall–Kier alpha value is -4.18. The molecule has 0 saturated carbocycles. The number of fused-ring (bicyclic) bond motifs is 1. The van der Waals surface area contributed by atoms with Crippen LogP contribution in [0.1, 0.15) is 22.7 Å². The van der Waals surface area contributed by atoms with E-state index in [0.29, 0.717) is 16.9 Å². The zero-order valence-corrected chi connectivity index (χ0v) is 21.1. The molecule has 0 unspecified atom stereocenters. The second-order valence-electron chi connectivity index (χ2n) is 9.58. The van der Waals surface area contributed by atoms with E-state index in [4.69, 9.17) is 9.47 Å². The third kappa shape index (κ3) is 4.44. The third-order valence-electron chi connectivity index (χ3n) is 7.44. The summed E-state index contributed by atoms with van der Waals surface area (Å²) in [5.41, 5.74) is -1.54. The number of amides is 2. The molecule has 2 heterocycles. The van der Waals surface area contributed by atoms with E-state index in [9.17, 15) is 27.6 Å². The summed E-state index contributed by atoms with van der Waals surface area (Å²) in [4.78, 5) is 42.2. The summed E-state index contributed by atoms with van der Waals surface area (Å²) in [7, 11) is 2.70. The lowest BCUT2D eigenvalue weighted by molar-refractivity contribution is -0.152. The van der Waals surface area contributed by atoms with E-state index in [2.05, 4.69) is 5.32 Å². The monoisotopic (exact) mass is 538 g/mol. The first-order chi connectivity index (χ1) is 18.6. The maximum Gasteiger partial charge on any atom is 0.416 e. The van der Waals surface area contributed by atoms with Crippen LogP contribution in [0.15, 0.2) is 78.9 Å². The normalized spacial score (nSPS) is 24.5. The Kier molecular flexibility index (Phi) is 6.67. The van der Waals surface area contributed by atoms with E-state index >= 15 is 0 Å². The predicted octanol–water partition coefficient (Wildman–Crippen LogP) is 4.32. The number of hydrogen-bond acceptors (Lipinski definition) is 6. The van der Waals surface area contributed by atoms with Gasteiger partial charge in [-0.3, -0.25) is 19.7 Å². The minimum atomic E-state index is -4.67. The van der Waals surface area contributed by atoms with Crippen molar-refractivity contribution < 1.29 is 37.0 Å². The largest absolute Gasteiger partial charge is 0.497 e. The van der Waals surface area contributed by atoms with Crippen LogP contribution in [0.3, 0.4) is 0 Å². The van der Waals surface area contributed by atoms with E-state index in [1.54, 1.807) is 54.6 Å². The zero-order valence-electron chi connectivity index (χ0n) is 21.1. The van der Waals surface area contributed by atoms with Gasteiger partial charge in [-0.15, -0.1) is 0 Å². The molecule has 2 aliphatic rings. The van der Waals surface area contributed by atoms with Crippen LogP contribution in [-0.4, -0.2) is 37.5 Å². The minimum absolute atomic E-state index is 0.0176. The van der Waals surface area contributed by atoms with Crippen LogP contribution in [0, 0.1) is 11.8 Å². The highest BCUT2D eigenvalue weighted by Crippen LogP contribution is 2.51. The maximum atomic E-state index is 14.0. The molecule has 2 saturated heterocycles. The van der Waals surface area contributed by atoms with Crippen molar-refractivity contribution in [3.8, 4) is 5.75 Å². The summed E-state index contributed by atoms with van der Waals surface area (Å²) < 4.78 is 50.8. The predicted molar refractivity (Wildman–Crippen MR) is 135 cm³/mol. The van der Waals surface area contributed by atoms with Gasteiger partial charge in [-0.2, -0.15) is 13.2 Å². The van der Waals surface area contributed by atoms with Crippen LogP contribution in [0.2, 0.25) is 0 Å². The standard InChI is InChI=1S/C29H25F3N2O5/c1-38-21-13-11-18(12-14-21)24-22-23(28(33-24,27(37)39-2)16-17-7-4-3-5-8-17)26(36)34(25(22)35)20-10-6-9-19(15-20)29(30,31)32/h3-15,22-24,33H,16H2,1-2H3/t22-,23+,24-,28+/m1/s1. The van der Waals surface area contributed by atoms with Crippen LogP contribution < -0.4 is 15.0 Å². The van der Waals surface area contributed by atoms with Gasteiger partial charge >= 0.3 is 12.1 Å². The number of ether oxygens (including phenoxy) is 2. The molecule has 4 atom stereocenters. The number of alkyl halides is 3. The topological polar surface area (TPSA) is 84.9 Å². The van der Waals surface area contributed by atoms with Crippen molar-refractivity contribution in [3.63, 3.8) is 0 Å². The number of esters is 1. The summed E-state index contributed by atoms with van der Waals surface area (Å²) in [6, 6.07) is 19.0. The lowest BCUT2D eigenvalue weighted by Gasteiger charge is -2.32. The van der Waals surface area contributed by atoms with Crippen molar-refractivity contribution in [2.24, 2.45) is 11.8 Å². The highest BCUT2D eigenvalue weighted by atomic mass is 19.4. The fourth-order valence-electron chi connectivity index (χ4n) is 5.70. The summed E-state index contributed by atoms with van der Waals surface area (Å²) in [6.07, 6.45) is -4.66. The van der Waals surface area contributed by atoms with Crippen molar-refractivity contribution in [1.82, 2.24) is 5.32 Å². The second kappa shape index (κ2) is 9.85. The summed E-state index contributed by atoms with van der Waals surface area (Å²) in [6.45, 7) is 0. The molecule has 39 heavy (non-hydrogen) atoms. The molecule has 2 amide bonds. The van der Waals surface area contributed by atoms with Crippen molar-refractivity contribution in [3.05, 3.63) is 95.6 Å². The van der Waals surface area contributed by atoms with Crippen LogP contribution in [0.25, 0.3) is 0 Å². The highest BCUT2D eigenvalue weighted by molar-refractivity contribution is 6.24. The first-order valence-corrected chi connectivity index (χ1v) is 12.2. The lowest BCUT2D eigenvalue weighted by atomic mass is 9.76. The molecule has 2 fully saturated rings. The zero-order chi connectivity index (χ0) is 27.9. The van der Waals surface area contributed by atoms with Crippen molar-refractivity contribution in [2.75, 3.05) is 19.1 Å². The van der Waals surface area contributed by atoms with Crippen LogP contribution in [0.5, 0.6) is 5.75 Å². The van der Waals surface area contributed by atoms with E-state index in [-0.39, 0.29) is 12.1 Å².